The molecule has 518 valence electrons. The first-order valence-electron chi connectivity index (χ1n) is 30.9. The minimum atomic E-state index is -4.06. The molecule has 0 bridgehead atoms. The summed E-state index contributed by atoms with van der Waals surface area (Å²) in [4.78, 5) is 91.3. The second kappa shape index (κ2) is 45.5. The molecule has 6 N–H and O–H groups in total. The SMILES string of the molecule is C.CC(C)OP(=O)(O)OCCOCCOCCNC(=O)CCC(=O)N1Cc2ccccc2C#Cc2ccccc21.CC(C)OP(=O)(OCCOCCOCCN)OC(C)C.O=C(CCC(=O)N1Cc2ccccc2C#Cc2ccccc21)ON1C(=O)CCC1=O.[2H]B(C=S)ON. The lowest BCUT2D eigenvalue weighted by atomic mass is 10.0. The number of thiocarbonyl (C=S) groups is 1. The molecule has 3 aliphatic heterocycles. The van der Waals surface area contributed by atoms with E-state index in [1.807, 2.05) is 97.1 Å². The van der Waals surface area contributed by atoms with Crippen molar-refractivity contribution in [3.63, 3.8) is 0 Å². The summed E-state index contributed by atoms with van der Waals surface area (Å²) in [6.45, 7) is 14.5. The average molecular weight is 1380 g/mol. The maximum atomic E-state index is 13.2. The van der Waals surface area contributed by atoms with Gasteiger partial charge in [-0.15, -0.1) is 17.3 Å². The number of anilines is 2. The maximum Gasteiger partial charge on any atom is 0.475 e. The number of nitrogens with one attached hydrogen (secondary N) is 1. The Labute approximate surface area is 564 Å². The van der Waals surface area contributed by atoms with Gasteiger partial charge in [0.1, 0.15) is 0 Å². The van der Waals surface area contributed by atoms with Gasteiger partial charge in [0.15, 0.2) is 0 Å². The molecule has 30 heteroatoms. The highest BCUT2D eigenvalue weighted by molar-refractivity contribution is 7.81. The first-order valence-corrected chi connectivity index (χ1v) is 33.7. The summed E-state index contributed by atoms with van der Waals surface area (Å²) < 4.78 is 80.5. The molecule has 1 unspecified atom stereocenters. The molecule has 5 amide bonds. The Morgan fingerprint density at radius 2 is 1.02 bits per heavy atom. The predicted molar refractivity (Wildman–Crippen MR) is 362 cm³/mol. The maximum absolute atomic E-state index is 13.2. The van der Waals surface area contributed by atoms with Crippen LogP contribution < -0.4 is 26.7 Å². The van der Waals surface area contributed by atoms with Crippen LogP contribution in [0.15, 0.2) is 97.1 Å². The summed E-state index contributed by atoms with van der Waals surface area (Å²) in [5.41, 5.74) is 11.8. The fraction of sp³-hybridized carbons (Fsp3) is 0.462. The summed E-state index contributed by atoms with van der Waals surface area (Å²) in [5.74, 6) is 14.5. The molecule has 1 atom stereocenters. The number of carbonyl (C=O) groups excluding carboxylic acids is 6. The van der Waals surface area contributed by atoms with Crippen molar-refractivity contribution in [2.45, 2.75) is 119 Å². The minimum absolute atomic E-state index is 0. The number of nitrogens with two attached hydrogens (primary N) is 2. The third-order valence-corrected chi connectivity index (χ3v) is 15.5. The molecule has 0 radical (unpaired) electrons. The zero-order valence-corrected chi connectivity index (χ0v) is 56.4. The van der Waals surface area contributed by atoms with Crippen LogP contribution in [0.1, 0.15) is 121 Å². The number of hydrogen-bond donors (Lipinski definition) is 4. The Morgan fingerprint density at radius 3 is 1.47 bits per heavy atom. The van der Waals surface area contributed by atoms with Crippen LogP contribution in [0.3, 0.4) is 0 Å². The molecule has 3 aliphatic rings. The second-order valence-corrected chi connectivity index (χ2v) is 24.1. The van der Waals surface area contributed by atoms with Crippen LogP contribution >= 0.6 is 27.9 Å². The van der Waals surface area contributed by atoms with Crippen molar-refractivity contribution in [2.24, 2.45) is 11.6 Å². The van der Waals surface area contributed by atoms with Gasteiger partial charge in [-0.3, -0.25) is 46.6 Å². The molecule has 4 aromatic rings. The van der Waals surface area contributed by atoms with Crippen molar-refractivity contribution in [1.82, 2.24) is 10.4 Å². The highest BCUT2D eigenvalue weighted by Crippen LogP contribution is 2.51. The molecular formula is C65H89BN6O20P2S. The van der Waals surface area contributed by atoms with E-state index in [1.54, 1.807) is 51.3 Å². The number of rotatable bonds is 34. The predicted octanol–water partition coefficient (Wildman–Crippen LogP) is 7.50. The molecule has 1 fully saturated rings. The summed E-state index contributed by atoms with van der Waals surface area (Å²) in [6, 6.07) is 30.2. The van der Waals surface area contributed by atoms with Crippen LogP contribution in [0.5, 0.6) is 0 Å². The van der Waals surface area contributed by atoms with Crippen LogP contribution in [-0.2, 0) is 102 Å². The molecule has 0 spiro atoms. The van der Waals surface area contributed by atoms with E-state index in [-0.39, 0.29) is 116 Å². The minimum Gasteiger partial charge on any atom is -0.378 e. The van der Waals surface area contributed by atoms with E-state index in [4.69, 9.17) is 53.5 Å². The van der Waals surface area contributed by atoms with Crippen LogP contribution in [0.4, 0.5) is 11.4 Å². The van der Waals surface area contributed by atoms with Gasteiger partial charge in [0.2, 0.25) is 17.7 Å². The quantitative estimate of drug-likeness (QED) is 0.00669. The van der Waals surface area contributed by atoms with Crippen molar-refractivity contribution >= 4 is 87.5 Å². The lowest BCUT2D eigenvalue weighted by Gasteiger charge is -2.26. The number of amides is 5. The average Bonchev–Trinajstić information content (AvgIpc) is 1.00. The third-order valence-electron chi connectivity index (χ3n) is 12.3. The number of para-hydroxylation sites is 2. The van der Waals surface area contributed by atoms with Gasteiger partial charge in [-0.05, 0) is 94.3 Å². The van der Waals surface area contributed by atoms with E-state index in [1.165, 1.54) is 0 Å². The van der Waals surface area contributed by atoms with Crippen LogP contribution in [0.25, 0.3) is 0 Å². The molecule has 0 aromatic heterocycles. The first kappa shape index (κ1) is 80.5. The van der Waals surface area contributed by atoms with Gasteiger partial charge < -0.3 is 54.3 Å². The highest BCUT2D eigenvalue weighted by atomic mass is 32.1. The summed E-state index contributed by atoms with van der Waals surface area (Å²) in [6.07, 6.45) is -1.12. The Bertz CT molecular complexity index is 3340. The number of carbonyl (C=O) groups is 6. The van der Waals surface area contributed by atoms with Crippen molar-refractivity contribution in [3.8, 4) is 23.7 Å². The van der Waals surface area contributed by atoms with Crippen molar-refractivity contribution < 1.29 is 93.9 Å². The second-order valence-electron chi connectivity index (χ2n) is 20.9. The van der Waals surface area contributed by atoms with E-state index >= 15 is 0 Å². The Balaban J connectivity index is 0.000000374. The Kier molecular flexibility index (Phi) is 38.6. The first-order chi connectivity index (χ1) is 45.5. The number of fused-ring (bicyclic) bond motifs is 4. The number of benzene rings is 4. The smallest absolute Gasteiger partial charge is 0.378 e. The van der Waals surface area contributed by atoms with Crippen molar-refractivity contribution in [2.75, 3.05) is 89.0 Å². The van der Waals surface area contributed by atoms with Crippen molar-refractivity contribution in [1.29, 1.82) is 1.34 Å². The number of nitrogens with zero attached hydrogens (tertiary/aromatic N) is 3. The van der Waals surface area contributed by atoms with Crippen LogP contribution in [-0.4, -0.2) is 157 Å². The summed E-state index contributed by atoms with van der Waals surface area (Å²) in [7, 11) is -8.43. The summed E-state index contributed by atoms with van der Waals surface area (Å²) in [5, 5.41) is 4.37. The zero-order valence-electron chi connectivity index (χ0n) is 54.8. The third kappa shape index (κ3) is 32.1. The monoisotopic (exact) mass is 1380 g/mol. The van der Waals surface area contributed by atoms with Gasteiger partial charge in [0.25, 0.3) is 11.8 Å². The molecule has 0 saturated carbocycles. The lowest BCUT2D eigenvalue weighted by Crippen LogP contribution is -2.34. The fourth-order valence-electron chi connectivity index (χ4n) is 8.35. The van der Waals surface area contributed by atoms with E-state index in [0.29, 0.717) is 63.4 Å². The van der Waals surface area contributed by atoms with E-state index in [2.05, 4.69) is 51.9 Å². The van der Waals surface area contributed by atoms with Gasteiger partial charge in [0.05, 0.1) is 115 Å². The van der Waals surface area contributed by atoms with E-state index < -0.39 is 47.0 Å². The number of ether oxygens (including phenoxy) is 4. The van der Waals surface area contributed by atoms with Gasteiger partial charge in [0, 0.05) is 68.8 Å². The molecular weight excluding hydrogens is 1290 g/mol. The topological polar surface area (TPSA) is 332 Å². The normalized spacial score (nSPS) is 13.5. The van der Waals surface area contributed by atoms with Gasteiger partial charge in [-0.25, -0.2) is 19.8 Å². The molecule has 0 aliphatic carbocycles. The van der Waals surface area contributed by atoms with Gasteiger partial charge in [-0.1, -0.05) is 91.8 Å². The lowest BCUT2D eigenvalue weighted by molar-refractivity contribution is -0.197. The molecule has 95 heavy (non-hydrogen) atoms. The molecule has 26 nitrogen and oxygen atoms in total. The van der Waals surface area contributed by atoms with Crippen LogP contribution in [0.2, 0.25) is 0 Å². The number of hydroxylamine groups is 2. The summed E-state index contributed by atoms with van der Waals surface area (Å²) >= 11 is 4.26. The van der Waals surface area contributed by atoms with Crippen LogP contribution in [0, 0.1) is 23.7 Å². The molecule has 1 saturated heterocycles. The van der Waals surface area contributed by atoms with E-state index in [0.717, 1.165) is 44.3 Å². The highest BCUT2D eigenvalue weighted by Gasteiger charge is 2.34. The number of phosphoric ester groups is 2. The molecule has 4 aromatic carbocycles. The van der Waals surface area contributed by atoms with E-state index in [9.17, 15) is 42.8 Å². The fourth-order valence-corrected chi connectivity index (χ4v) is 10.8. The zero-order chi connectivity index (χ0) is 69.6. The Morgan fingerprint density at radius 1 is 0.611 bits per heavy atom. The van der Waals surface area contributed by atoms with Crippen molar-refractivity contribution in [3.05, 3.63) is 130 Å². The Hall–Kier alpha value is -6.89. The van der Waals surface area contributed by atoms with Gasteiger partial charge in [-0.2, -0.15) is 0 Å². The molecule has 7 rings (SSSR count). The standard InChI is InChI=1S/C28H35N2O8P.C23H18N2O5.C12H28NO6P.CH4BNOS.CH4/c1-22(2)38-39(33,34)37-20-19-36-18-17-35-16-15-29-27(31)13-14-28(32)30-21-25-9-4-3-7-23(25)11-12-24-8-5-6-10-26(24)30;26-20(13-14-23(29)30-25-21(27)11-12-22(25)28)24-15-18-7-2-1-5-16(18)9-10-17-6-3-4-8-19(17)24;1-11(2)18-20(14,19-12(3)4)17-10-9-16-8-7-15-6-5-13;3-4-2-1-5;/h3-10,22H,13-21H2,1-2H3,(H,29,31)(H,33,34);1-8H,11-15H2;11-12H,5-10,13H2,1-4H3;1-2H,3H2;1H4/i;;;2D;. The van der Waals surface area contributed by atoms with Gasteiger partial charge >= 0.3 is 29.1 Å². The largest absolute Gasteiger partial charge is 0.475 e. The number of phosphoric acid groups is 2. The number of imide groups is 1. The number of hydrogen-bond acceptors (Lipinski definition) is 22. The molecule has 3 heterocycles.